The van der Waals surface area contributed by atoms with Crippen molar-refractivity contribution in [3.8, 4) is 5.75 Å². The minimum absolute atomic E-state index is 0.0235. The molecular weight excluding hydrogens is 336 g/mol. The molecule has 7 heteroatoms. The van der Waals surface area contributed by atoms with Gasteiger partial charge in [0, 0.05) is 16.8 Å². The molecule has 126 valence electrons. The van der Waals surface area contributed by atoms with Crippen LogP contribution in [-0.2, 0) is 0 Å². The van der Waals surface area contributed by atoms with Gasteiger partial charge in [-0.15, -0.1) is 5.11 Å². The summed E-state index contributed by atoms with van der Waals surface area (Å²) < 4.78 is 5.10. The molecule has 0 unspecified atom stereocenters. The maximum absolute atomic E-state index is 12.3. The monoisotopic (exact) mass is 352 g/mol. The maximum Gasteiger partial charge on any atom is 0.206 e. The number of thioether (sulfide) groups is 1. The van der Waals surface area contributed by atoms with Crippen molar-refractivity contribution in [2.24, 2.45) is 15.2 Å². The number of rotatable bonds is 4. The molecule has 2 aliphatic heterocycles. The summed E-state index contributed by atoms with van der Waals surface area (Å²) in [7, 11) is 1.60. The zero-order chi connectivity index (χ0) is 17.2. The Hall–Kier alpha value is -2.67. The predicted molar refractivity (Wildman–Crippen MR) is 98.7 cm³/mol. The molecule has 1 N–H and O–H groups in total. The van der Waals surface area contributed by atoms with Gasteiger partial charge in [0.1, 0.15) is 11.8 Å². The second kappa shape index (κ2) is 6.68. The number of ether oxygens (including phenoxy) is 1. The molecule has 2 atom stereocenters. The number of carbonyl (C=O) groups is 1. The van der Waals surface area contributed by atoms with E-state index in [0.717, 1.165) is 17.0 Å². The third-order valence-electron chi connectivity index (χ3n) is 4.14. The average Bonchev–Trinajstić information content (AvgIpc) is 3.04. The van der Waals surface area contributed by atoms with Crippen LogP contribution in [0.5, 0.6) is 5.75 Å². The summed E-state index contributed by atoms with van der Waals surface area (Å²) in [6.07, 6.45) is -0.145. The van der Waals surface area contributed by atoms with Crippen molar-refractivity contribution in [3.05, 3.63) is 59.7 Å². The smallest absolute Gasteiger partial charge is 0.206 e. The molecule has 0 fully saturated rings. The molecule has 25 heavy (non-hydrogen) atoms. The Morgan fingerprint density at radius 1 is 1.20 bits per heavy atom. The van der Waals surface area contributed by atoms with Crippen LogP contribution >= 0.6 is 11.8 Å². The van der Waals surface area contributed by atoms with Crippen molar-refractivity contribution in [2.45, 2.75) is 12.2 Å². The fourth-order valence-corrected chi connectivity index (χ4v) is 3.56. The second-order valence-corrected chi connectivity index (χ2v) is 6.63. The summed E-state index contributed by atoms with van der Waals surface area (Å²) in [6.45, 7) is 0. The average molecular weight is 352 g/mol. The SMILES string of the molecule is COc1ccc(C(=O)CSC2=N[C@@H]3Nc4ccccc4[C@@H]3N=N2)cc1. The number of Topliss-reactive ketones (excluding diaryl/α,β-unsaturated/α-hetero) is 1. The molecule has 2 aromatic rings. The number of amidine groups is 1. The number of anilines is 1. The van der Waals surface area contributed by atoms with Crippen molar-refractivity contribution >= 4 is 28.4 Å². The van der Waals surface area contributed by atoms with Crippen LogP contribution in [0.25, 0.3) is 0 Å². The Kier molecular flexibility index (Phi) is 4.23. The van der Waals surface area contributed by atoms with Gasteiger partial charge in [0.25, 0.3) is 0 Å². The molecule has 0 amide bonds. The van der Waals surface area contributed by atoms with Gasteiger partial charge in [-0.25, -0.2) is 4.99 Å². The molecule has 0 aromatic heterocycles. The van der Waals surface area contributed by atoms with Crippen molar-refractivity contribution in [1.82, 2.24) is 0 Å². The Morgan fingerprint density at radius 3 is 2.80 bits per heavy atom. The lowest BCUT2D eigenvalue weighted by molar-refractivity contribution is 0.102. The summed E-state index contributed by atoms with van der Waals surface area (Å²) >= 11 is 1.31. The minimum atomic E-state index is -0.145. The summed E-state index contributed by atoms with van der Waals surface area (Å²) in [6, 6.07) is 15.0. The molecule has 4 rings (SSSR count). The van der Waals surface area contributed by atoms with E-state index in [1.54, 1.807) is 31.4 Å². The molecule has 0 spiro atoms. The van der Waals surface area contributed by atoms with Crippen LogP contribution in [0.15, 0.2) is 63.8 Å². The first-order valence-electron chi connectivity index (χ1n) is 7.89. The fraction of sp³-hybridized carbons (Fsp3) is 0.222. The number of hydrogen-bond acceptors (Lipinski definition) is 7. The number of para-hydroxylation sites is 1. The molecule has 0 bridgehead atoms. The number of azo groups is 1. The van der Waals surface area contributed by atoms with Gasteiger partial charge in [0.05, 0.1) is 12.9 Å². The van der Waals surface area contributed by atoms with Crippen molar-refractivity contribution in [3.63, 3.8) is 0 Å². The van der Waals surface area contributed by atoms with Crippen LogP contribution in [-0.4, -0.2) is 30.0 Å². The molecule has 0 aliphatic carbocycles. The zero-order valence-electron chi connectivity index (χ0n) is 13.5. The maximum atomic E-state index is 12.3. The quantitative estimate of drug-likeness (QED) is 0.846. The molecule has 0 saturated carbocycles. The Labute approximate surface area is 149 Å². The highest BCUT2D eigenvalue weighted by Crippen LogP contribution is 2.39. The van der Waals surface area contributed by atoms with Gasteiger partial charge in [0.15, 0.2) is 11.9 Å². The van der Waals surface area contributed by atoms with Gasteiger partial charge in [0.2, 0.25) is 5.17 Å². The molecule has 2 aliphatic rings. The molecule has 0 saturated heterocycles. The van der Waals surface area contributed by atoms with Crippen LogP contribution in [0.1, 0.15) is 22.0 Å². The van der Waals surface area contributed by atoms with E-state index in [1.807, 2.05) is 24.3 Å². The zero-order valence-corrected chi connectivity index (χ0v) is 14.4. The van der Waals surface area contributed by atoms with Gasteiger partial charge in [-0.05, 0) is 30.3 Å². The van der Waals surface area contributed by atoms with Crippen molar-refractivity contribution in [2.75, 3.05) is 18.2 Å². The van der Waals surface area contributed by atoms with Gasteiger partial charge < -0.3 is 10.1 Å². The molecule has 0 radical (unpaired) electrons. The van der Waals surface area contributed by atoms with E-state index in [4.69, 9.17) is 4.74 Å². The van der Waals surface area contributed by atoms with Crippen molar-refractivity contribution < 1.29 is 9.53 Å². The second-order valence-electron chi connectivity index (χ2n) is 5.69. The lowest BCUT2D eigenvalue weighted by atomic mass is 10.1. The van der Waals surface area contributed by atoms with Crippen molar-refractivity contribution in [1.29, 1.82) is 0 Å². The van der Waals surface area contributed by atoms with E-state index < -0.39 is 0 Å². The Bertz CT molecular complexity index is 864. The van der Waals surface area contributed by atoms with Crippen LogP contribution in [0.3, 0.4) is 0 Å². The lowest BCUT2D eigenvalue weighted by Gasteiger charge is -2.16. The third kappa shape index (κ3) is 3.15. The first-order chi connectivity index (χ1) is 12.2. The van der Waals surface area contributed by atoms with E-state index >= 15 is 0 Å². The van der Waals surface area contributed by atoms with Crippen LogP contribution in [0.2, 0.25) is 0 Å². The van der Waals surface area contributed by atoms with Crippen LogP contribution < -0.4 is 10.1 Å². The molecule has 2 aromatic carbocycles. The molecule has 6 nitrogen and oxygen atoms in total. The predicted octanol–water partition coefficient (Wildman–Crippen LogP) is 3.93. The normalized spacial score (nSPS) is 20.3. The number of methoxy groups -OCH3 is 1. The number of fused-ring (bicyclic) bond motifs is 3. The Balaban J connectivity index is 1.40. The van der Waals surface area contributed by atoms with E-state index in [9.17, 15) is 4.79 Å². The van der Waals surface area contributed by atoms with Gasteiger partial charge in [-0.2, -0.15) is 5.11 Å². The van der Waals surface area contributed by atoms with Gasteiger partial charge in [-0.3, -0.25) is 4.79 Å². The summed E-state index contributed by atoms with van der Waals surface area (Å²) in [5.74, 6) is 1.03. The minimum Gasteiger partial charge on any atom is -0.497 e. The van der Waals surface area contributed by atoms with E-state index in [-0.39, 0.29) is 23.7 Å². The van der Waals surface area contributed by atoms with Gasteiger partial charge >= 0.3 is 0 Å². The first-order valence-corrected chi connectivity index (χ1v) is 8.87. The van der Waals surface area contributed by atoms with Crippen LogP contribution in [0.4, 0.5) is 5.69 Å². The highest BCUT2D eigenvalue weighted by Gasteiger charge is 2.34. The number of nitrogens with one attached hydrogen (secondary N) is 1. The summed E-state index contributed by atoms with van der Waals surface area (Å²) in [5.41, 5.74) is 2.80. The van der Waals surface area contributed by atoms with Crippen LogP contribution in [0, 0.1) is 0 Å². The largest absolute Gasteiger partial charge is 0.497 e. The lowest BCUT2D eigenvalue weighted by Crippen LogP contribution is -2.21. The van der Waals surface area contributed by atoms with E-state index in [2.05, 4.69) is 20.5 Å². The first kappa shape index (κ1) is 15.8. The summed E-state index contributed by atoms with van der Waals surface area (Å²) in [5, 5.41) is 12.4. The number of aliphatic imine (C=N–C) groups is 1. The number of ketones is 1. The van der Waals surface area contributed by atoms with Gasteiger partial charge in [-0.1, -0.05) is 30.0 Å². The Morgan fingerprint density at radius 2 is 2.00 bits per heavy atom. The van der Waals surface area contributed by atoms with E-state index in [1.165, 1.54) is 11.8 Å². The third-order valence-corrected chi connectivity index (χ3v) is 5.00. The molecule has 2 heterocycles. The standard InChI is InChI=1S/C18H16N4O2S/c1-24-12-8-6-11(7-9-12)15(23)10-25-18-20-17-16(21-22-18)13-4-2-3-5-14(13)19-17/h2-9,16-17,19H,10H2,1H3/t16-,17-/m0/s1. The highest BCUT2D eigenvalue weighted by atomic mass is 32.2. The fourth-order valence-electron chi connectivity index (χ4n) is 2.84. The number of carbonyl (C=O) groups excluding carboxylic acids is 1. The number of nitrogens with zero attached hydrogens (tertiary/aromatic N) is 3. The summed E-state index contributed by atoms with van der Waals surface area (Å²) in [4.78, 5) is 16.9. The van der Waals surface area contributed by atoms with E-state index in [0.29, 0.717) is 10.7 Å². The highest BCUT2D eigenvalue weighted by molar-refractivity contribution is 8.14. The number of benzene rings is 2. The number of hydrogen-bond donors (Lipinski definition) is 1. The topological polar surface area (TPSA) is 75.4 Å². The molecular formula is C18H16N4O2S.